The first kappa shape index (κ1) is 16.6. The van der Waals surface area contributed by atoms with Gasteiger partial charge in [0, 0.05) is 12.2 Å². The minimum absolute atomic E-state index is 0.344. The lowest BCUT2D eigenvalue weighted by molar-refractivity contribution is 0.0600. The molecule has 128 valence electrons. The summed E-state index contributed by atoms with van der Waals surface area (Å²) in [5.41, 5.74) is 3.48. The van der Waals surface area contributed by atoms with Crippen LogP contribution in [0.5, 0.6) is 0 Å². The molecule has 3 rings (SSSR count). The summed E-state index contributed by atoms with van der Waals surface area (Å²) in [6, 6.07) is 9.21. The Balaban J connectivity index is 1.70. The van der Waals surface area contributed by atoms with Crippen LogP contribution >= 0.6 is 0 Å². The fourth-order valence-electron chi connectivity index (χ4n) is 2.47. The van der Waals surface area contributed by atoms with E-state index in [1.54, 1.807) is 29.2 Å². The molecule has 7 nitrogen and oxygen atoms in total. The van der Waals surface area contributed by atoms with Gasteiger partial charge in [0.15, 0.2) is 5.82 Å². The highest BCUT2D eigenvalue weighted by molar-refractivity contribution is 5.89. The molecule has 3 aromatic rings. The van der Waals surface area contributed by atoms with Gasteiger partial charge in [0.1, 0.15) is 5.82 Å². The van der Waals surface area contributed by atoms with Crippen LogP contribution in [-0.2, 0) is 11.3 Å². The first-order valence-electron chi connectivity index (χ1n) is 7.83. The lowest BCUT2D eigenvalue weighted by Crippen LogP contribution is -2.07. The molecule has 0 aliphatic rings. The van der Waals surface area contributed by atoms with Crippen molar-refractivity contribution in [3.63, 3.8) is 0 Å². The second-order valence-electron chi connectivity index (χ2n) is 5.64. The summed E-state index contributed by atoms with van der Waals surface area (Å²) in [4.78, 5) is 20.2. The monoisotopic (exact) mass is 337 g/mol. The summed E-state index contributed by atoms with van der Waals surface area (Å²) in [7, 11) is 1.37. The molecule has 0 atom stereocenters. The number of esters is 1. The number of carbonyl (C=O) groups is 1. The number of ether oxygens (including phenoxy) is 1. The van der Waals surface area contributed by atoms with Gasteiger partial charge in [-0.15, -0.1) is 0 Å². The molecule has 0 fully saturated rings. The lowest BCUT2D eigenvalue weighted by atomic mass is 10.1. The molecule has 0 radical (unpaired) electrons. The third-order valence-corrected chi connectivity index (χ3v) is 3.70. The van der Waals surface area contributed by atoms with E-state index in [0.717, 1.165) is 17.0 Å². The van der Waals surface area contributed by atoms with Crippen molar-refractivity contribution >= 4 is 11.8 Å². The smallest absolute Gasteiger partial charge is 0.337 e. The minimum Gasteiger partial charge on any atom is -0.465 e. The number of anilines is 1. The predicted octanol–water partition coefficient (Wildman–Crippen LogP) is 2.68. The van der Waals surface area contributed by atoms with Gasteiger partial charge in [-0.1, -0.05) is 12.1 Å². The standard InChI is InChI=1S/C18H19N5O2/c1-12-8-13(2)23(22-12)17-11-19-10-16(21-17)20-9-14-4-6-15(7-5-14)18(24)25-3/h4-8,10-11H,9H2,1-3H3,(H,20,21). The van der Waals surface area contributed by atoms with Crippen LogP contribution in [0.3, 0.4) is 0 Å². The molecule has 2 heterocycles. The van der Waals surface area contributed by atoms with E-state index in [1.165, 1.54) is 7.11 Å². The number of hydrogen-bond acceptors (Lipinski definition) is 6. The molecule has 25 heavy (non-hydrogen) atoms. The van der Waals surface area contributed by atoms with Crippen LogP contribution in [-0.4, -0.2) is 32.8 Å². The van der Waals surface area contributed by atoms with Crippen molar-refractivity contribution in [2.24, 2.45) is 0 Å². The van der Waals surface area contributed by atoms with Gasteiger partial charge in [0.2, 0.25) is 0 Å². The van der Waals surface area contributed by atoms with Crippen molar-refractivity contribution in [2.45, 2.75) is 20.4 Å². The Kier molecular flexibility index (Phi) is 4.74. The van der Waals surface area contributed by atoms with Crippen LogP contribution in [0, 0.1) is 13.8 Å². The first-order valence-corrected chi connectivity index (χ1v) is 7.83. The van der Waals surface area contributed by atoms with Gasteiger partial charge in [0.05, 0.1) is 30.8 Å². The van der Waals surface area contributed by atoms with Crippen molar-refractivity contribution in [2.75, 3.05) is 12.4 Å². The number of rotatable bonds is 5. The fraction of sp³-hybridized carbons (Fsp3) is 0.222. The Morgan fingerprint density at radius 1 is 1.20 bits per heavy atom. The topological polar surface area (TPSA) is 81.9 Å². The van der Waals surface area contributed by atoms with Crippen LogP contribution in [0.4, 0.5) is 5.82 Å². The van der Waals surface area contributed by atoms with Crippen LogP contribution in [0.25, 0.3) is 5.82 Å². The van der Waals surface area contributed by atoms with Gasteiger partial charge >= 0.3 is 5.97 Å². The van der Waals surface area contributed by atoms with E-state index in [-0.39, 0.29) is 5.97 Å². The Hall–Kier alpha value is -3.22. The number of nitrogens with one attached hydrogen (secondary N) is 1. The summed E-state index contributed by atoms with van der Waals surface area (Å²) in [5, 5.41) is 7.65. The van der Waals surface area contributed by atoms with Gasteiger partial charge < -0.3 is 10.1 Å². The number of aromatic nitrogens is 4. The number of methoxy groups -OCH3 is 1. The van der Waals surface area contributed by atoms with Gasteiger partial charge in [0.25, 0.3) is 0 Å². The van der Waals surface area contributed by atoms with Crippen molar-refractivity contribution in [3.8, 4) is 5.82 Å². The highest BCUT2D eigenvalue weighted by atomic mass is 16.5. The average Bonchev–Trinajstić information content (AvgIpc) is 2.98. The minimum atomic E-state index is -0.344. The highest BCUT2D eigenvalue weighted by Gasteiger charge is 2.07. The Morgan fingerprint density at radius 3 is 2.60 bits per heavy atom. The van der Waals surface area contributed by atoms with Gasteiger partial charge in [-0.25, -0.2) is 14.5 Å². The molecular weight excluding hydrogens is 318 g/mol. The van der Waals surface area contributed by atoms with E-state index in [4.69, 9.17) is 4.74 Å². The zero-order valence-electron chi connectivity index (χ0n) is 14.4. The van der Waals surface area contributed by atoms with E-state index < -0.39 is 0 Å². The molecule has 0 spiro atoms. The molecule has 1 N–H and O–H groups in total. The Labute approximate surface area is 145 Å². The quantitative estimate of drug-likeness (QED) is 0.721. The Morgan fingerprint density at radius 2 is 1.96 bits per heavy atom. The third-order valence-electron chi connectivity index (χ3n) is 3.70. The predicted molar refractivity (Wildman–Crippen MR) is 93.7 cm³/mol. The molecule has 0 amide bonds. The zero-order valence-corrected chi connectivity index (χ0v) is 14.4. The van der Waals surface area contributed by atoms with E-state index in [1.807, 2.05) is 32.0 Å². The Bertz CT molecular complexity index is 887. The number of aryl methyl sites for hydroxylation is 2. The zero-order chi connectivity index (χ0) is 17.8. The van der Waals surface area contributed by atoms with Crippen molar-refractivity contribution in [3.05, 3.63) is 65.2 Å². The van der Waals surface area contributed by atoms with E-state index >= 15 is 0 Å². The van der Waals surface area contributed by atoms with E-state index in [9.17, 15) is 4.79 Å². The molecule has 0 aliphatic heterocycles. The maximum atomic E-state index is 11.4. The van der Waals surface area contributed by atoms with Crippen molar-refractivity contribution in [1.29, 1.82) is 0 Å². The van der Waals surface area contributed by atoms with Crippen LogP contribution in [0.15, 0.2) is 42.7 Å². The summed E-state index contributed by atoms with van der Waals surface area (Å²) in [6.45, 7) is 4.48. The summed E-state index contributed by atoms with van der Waals surface area (Å²) >= 11 is 0. The third kappa shape index (κ3) is 3.82. The molecular formula is C18H19N5O2. The molecule has 7 heteroatoms. The van der Waals surface area contributed by atoms with E-state index in [0.29, 0.717) is 23.7 Å². The summed E-state index contributed by atoms with van der Waals surface area (Å²) in [5.74, 6) is 0.974. The van der Waals surface area contributed by atoms with Crippen LogP contribution in [0.1, 0.15) is 27.3 Å². The number of carbonyl (C=O) groups excluding carboxylic acids is 1. The average molecular weight is 337 g/mol. The molecule has 1 aromatic carbocycles. The summed E-state index contributed by atoms with van der Waals surface area (Å²) < 4.78 is 6.45. The first-order chi connectivity index (χ1) is 12.1. The highest BCUT2D eigenvalue weighted by Crippen LogP contribution is 2.12. The fourth-order valence-corrected chi connectivity index (χ4v) is 2.47. The second kappa shape index (κ2) is 7.12. The molecule has 0 aliphatic carbocycles. The molecule has 0 saturated heterocycles. The van der Waals surface area contributed by atoms with Gasteiger partial charge in [-0.05, 0) is 37.6 Å². The second-order valence-corrected chi connectivity index (χ2v) is 5.64. The van der Waals surface area contributed by atoms with Gasteiger partial charge in [-0.2, -0.15) is 5.10 Å². The van der Waals surface area contributed by atoms with Crippen LogP contribution in [0.2, 0.25) is 0 Å². The molecule has 2 aromatic heterocycles. The number of hydrogen-bond donors (Lipinski definition) is 1. The summed E-state index contributed by atoms with van der Waals surface area (Å²) in [6.07, 6.45) is 3.34. The molecule has 0 unspecified atom stereocenters. The van der Waals surface area contributed by atoms with Gasteiger partial charge in [-0.3, -0.25) is 4.98 Å². The molecule has 0 bridgehead atoms. The maximum Gasteiger partial charge on any atom is 0.337 e. The van der Waals surface area contributed by atoms with E-state index in [2.05, 4.69) is 20.4 Å². The van der Waals surface area contributed by atoms with Crippen molar-refractivity contribution < 1.29 is 9.53 Å². The number of benzene rings is 1. The maximum absolute atomic E-state index is 11.4. The SMILES string of the molecule is COC(=O)c1ccc(CNc2cncc(-n3nc(C)cc3C)n2)cc1. The number of nitrogens with zero attached hydrogens (tertiary/aromatic N) is 4. The lowest BCUT2D eigenvalue weighted by Gasteiger charge is -2.08. The normalized spacial score (nSPS) is 10.5. The van der Waals surface area contributed by atoms with Crippen LogP contribution < -0.4 is 5.32 Å². The molecule has 0 saturated carbocycles. The van der Waals surface area contributed by atoms with Crippen molar-refractivity contribution in [1.82, 2.24) is 19.7 Å². The largest absolute Gasteiger partial charge is 0.465 e.